The quantitative estimate of drug-likeness (QED) is 0.799. The van der Waals surface area contributed by atoms with Crippen molar-refractivity contribution in [3.05, 3.63) is 35.9 Å². The van der Waals surface area contributed by atoms with Crippen molar-refractivity contribution in [3.8, 4) is 0 Å². The van der Waals surface area contributed by atoms with Gasteiger partial charge in [-0.15, -0.1) is 0 Å². The van der Waals surface area contributed by atoms with Gasteiger partial charge in [-0.05, 0) is 6.42 Å². The van der Waals surface area contributed by atoms with Crippen LogP contribution in [0.4, 0.5) is 13.2 Å². The van der Waals surface area contributed by atoms with Gasteiger partial charge >= 0.3 is 0 Å². The Hall–Kier alpha value is -0.970. The Kier molecular flexibility index (Phi) is 5.05. The van der Waals surface area contributed by atoms with Gasteiger partial charge in [0.15, 0.2) is 6.17 Å². The molecule has 0 aromatic heterocycles. The van der Waals surface area contributed by atoms with Gasteiger partial charge in [0.25, 0.3) is 5.92 Å². The van der Waals surface area contributed by atoms with E-state index in [2.05, 4.69) is 0 Å². The number of thioether (sulfide) groups is 1. The van der Waals surface area contributed by atoms with Crippen LogP contribution >= 0.6 is 11.8 Å². The standard InChI is InChI=1S/C12H13F3OS/c1-12(14,15)10(13)7-8-17-11(16)9-5-3-2-4-6-9/h2-6,10H,7-8H2,1H3. The monoisotopic (exact) mass is 262 g/mol. The van der Waals surface area contributed by atoms with Gasteiger partial charge in [0.05, 0.1) is 0 Å². The lowest BCUT2D eigenvalue weighted by Crippen LogP contribution is -2.26. The Labute approximate surface area is 102 Å². The maximum absolute atomic E-state index is 12.9. The summed E-state index contributed by atoms with van der Waals surface area (Å²) < 4.78 is 37.9. The molecule has 0 saturated heterocycles. The number of rotatable bonds is 5. The molecule has 1 unspecified atom stereocenters. The molecule has 94 valence electrons. The van der Waals surface area contributed by atoms with Crippen molar-refractivity contribution in [2.75, 3.05) is 5.75 Å². The molecule has 1 aromatic rings. The first-order valence-corrected chi connectivity index (χ1v) is 6.14. The highest BCUT2D eigenvalue weighted by molar-refractivity contribution is 8.14. The number of hydrogen-bond donors (Lipinski definition) is 0. The normalized spacial score (nSPS) is 13.4. The molecule has 17 heavy (non-hydrogen) atoms. The largest absolute Gasteiger partial charge is 0.282 e. The zero-order valence-corrected chi connectivity index (χ0v) is 10.1. The van der Waals surface area contributed by atoms with Gasteiger partial charge in [-0.25, -0.2) is 13.2 Å². The average molecular weight is 262 g/mol. The molecule has 0 amide bonds. The van der Waals surface area contributed by atoms with Crippen LogP contribution < -0.4 is 0 Å². The van der Waals surface area contributed by atoms with Crippen LogP contribution in [0.5, 0.6) is 0 Å². The van der Waals surface area contributed by atoms with Gasteiger partial charge < -0.3 is 0 Å². The van der Waals surface area contributed by atoms with Gasteiger partial charge in [0, 0.05) is 18.2 Å². The Bertz CT molecular complexity index is 362. The van der Waals surface area contributed by atoms with Crippen molar-refractivity contribution in [1.82, 2.24) is 0 Å². The smallest absolute Gasteiger partial charge is 0.275 e. The Morgan fingerprint density at radius 1 is 1.35 bits per heavy atom. The number of benzene rings is 1. The molecule has 0 N–H and O–H groups in total. The third kappa shape index (κ3) is 4.81. The molecule has 0 aliphatic carbocycles. The fourth-order valence-electron chi connectivity index (χ4n) is 1.17. The predicted octanol–water partition coefficient (Wildman–Crippen LogP) is 3.94. The van der Waals surface area contributed by atoms with Gasteiger partial charge in [0.1, 0.15) is 0 Å². The highest BCUT2D eigenvalue weighted by atomic mass is 32.2. The first-order valence-electron chi connectivity index (χ1n) is 5.15. The molecule has 0 saturated carbocycles. The van der Waals surface area contributed by atoms with Crippen LogP contribution in [0.3, 0.4) is 0 Å². The molecule has 0 aliphatic rings. The summed E-state index contributed by atoms with van der Waals surface area (Å²) in [5.41, 5.74) is 0.496. The van der Waals surface area contributed by atoms with Crippen LogP contribution in [-0.2, 0) is 0 Å². The maximum atomic E-state index is 12.9. The lowest BCUT2D eigenvalue weighted by molar-refractivity contribution is -0.0554. The predicted molar refractivity (Wildman–Crippen MR) is 63.4 cm³/mol. The van der Waals surface area contributed by atoms with Crippen molar-refractivity contribution in [1.29, 1.82) is 0 Å². The molecular formula is C12H13F3OS. The fraction of sp³-hybridized carbons (Fsp3) is 0.417. The van der Waals surface area contributed by atoms with E-state index in [4.69, 9.17) is 0 Å². The van der Waals surface area contributed by atoms with Gasteiger partial charge in [-0.1, -0.05) is 42.1 Å². The Balaban J connectivity index is 2.35. The van der Waals surface area contributed by atoms with E-state index in [-0.39, 0.29) is 17.3 Å². The summed E-state index contributed by atoms with van der Waals surface area (Å²) in [5.74, 6) is -3.28. The Morgan fingerprint density at radius 3 is 2.47 bits per heavy atom. The summed E-state index contributed by atoms with van der Waals surface area (Å²) in [6.45, 7) is 0.543. The van der Waals surface area contributed by atoms with Crippen LogP contribution in [0.25, 0.3) is 0 Å². The highest BCUT2D eigenvalue weighted by Gasteiger charge is 2.33. The molecule has 1 atom stereocenters. The molecule has 0 aliphatic heterocycles. The topological polar surface area (TPSA) is 17.1 Å². The minimum Gasteiger partial charge on any atom is -0.282 e. The van der Waals surface area contributed by atoms with E-state index in [9.17, 15) is 18.0 Å². The molecule has 1 rings (SSSR count). The Morgan fingerprint density at radius 2 is 1.94 bits per heavy atom. The van der Waals surface area contributed by atoms with Crippen LogP contribution in [0, 0.1) is 0 Å². The van der Waals surface area contributed by atoms with E-state index in [0.29, 0.717) is 12.5 Å². The van der Waals surface area contributed by atoms with Gasteiger partial charge in [-0.3, -0.25) is 4.79 Å². The van der Waals surface area contributed by atoms with Crippen molar-refractivity contribution < 1.29 is 18.0 Å². The molecule has 1 aromatic carbocycles. The highest BCUT2D eigenvalue weighted by Crippen LogP contribution is 2.25. The summed E-state index contributed by atoms with van der Waals surface area (Å²) in [5, 5.41) is -0.225. The third-order valence-electron chi connectivity index (χ3n) is 2.16. The SMILES string of the molecule is CC(F)(F)C(F)CCSC(=O)c1ccccc1. The number of hydrogen-bond acceptors (Lipinski definition) is 2. The lowest BCUT2D eigenvalue weighted by Gasteiger charge is -2.14. The fourth-order valence-corrected chi connectivity index (χ4v) is 1.98. The van der Waals surface area contributed by atoms with Crippen molar-refractivity contribution in [2.45, 2.75) is 25.4 Å². The average Bonchev–Trinajstić information content (AvgIpc) is 2.28. The van der Waals surface area contributed by atoms with Crippen LogP contribution in [0.1, 0.15) is 23.7 Å². The van der Waals surface area contributed by atoms with Crippen LogP contribution in [0.2, 0.25) is 0 Å². The van der Waals surface area contributed by atoms with Gasteiger partial charge in [0.2, 0.25) is 5.12 Å². The molecule has 0 radical (unpaired) electrons. The molecule has 0 heterocycles. The second-order valence-corrected chi connectivity index (χ2v) is 4.78. The van der Waals surface area contributed by atoms with Crippen molar-refractivity contribution in [3.63, 3.8) is 0 Å². The second-order valence-electron chi connectivity index (χ2n) is 3.71. The summed E-state index contributed by atoms with van der Waals surface area (Å²) in [7, 11) is 0. The zero-order valence-electron chi connectivity index (χ0n) is 9.33. The van der Waals surface area contributed by atoms with Crippen LogP contribution in [0.15, 0.2) is 30.3 Å². The minimum atomic E-state index is -3.34. The van der Waals surface area contributed by atoms with E-state index in [1.807, 2.05) is 0 Å². The summed E-state index contributed by atoms with van der Waals surface area (Å²) in [4.78, 5) is 11.5. The number of alkyl halides is 3. The molecule has 0 bridgehead atoms. The van der Waals surface area contributed by atoms with E-state index >= 15 is 0 Å². The number of carbonyl (C=O) groups excluding carboxylic acids is 1. The van der Waals surface area contributed by atoms with Crippen molar-refractivity contribution in [2.24, 2.45) is 0 Å². The van der Waals surface area contributed by atoms with Crippen molar-refractivity contribution >= 4 is 16.9 Å². The van der Waals surface area contributed by atoms with E-state index < -0.39 is 12.1 Å². The summed E-state index contributed by atoms with van der Waals surface area (Å²) in [6.07, 6.45) is -2.52. The minimum absolute atomic E-state index is 0.0539. The summed E-state index contributed by atoms with van der Waals surface area (Å²) in [6, 6.07) is 8.47. The molecular weight excluding hydrogens is 249 g/mol. The second kappa shape index (κ2) is 6.10. The van der Waals surface area contributed by atoms with E-state index in [0.717, 1.165) is 11.8 Å². The first kappa shape index (κ1) is 14.1. The zero-order chi connectivity index (χ0) is 12.9. The first-order chi connectivity index (χ1) is 7.91. The third-order valence-corrected chi connectivity index (χ3v) is 3.10. The number of halogens is 3. The number of carbonyl (C=O) groups is 1. The maximum Gasteiger partial charge on any atom is 0.275 e. The molecule has 0 fully saturated rings. The summed E-state index contributed by atoms with van der Waals surface area (Å²) >= 11 is 0.862. The lowest BCUT2D eigenvalue weighted by atomic mass is 10.2. The molecule has 5 heteroatoms. The molecule has 1 nitrogen and oxygen atoms in total. The van der Waals surface area contributed by atoms with Gasteiger partial charge in [-0.2, -0.15) is 0 Å². The van der Waals surface area contributed by atoms with E-state index in [1.54, 1.807) is 30.3 Å². The van der Waals surface area contributed by atoms with Crippen LogP contribution in [-0.4, -0.2) is 23.0 Å². The van der Waals surface area contributed by atoms with E-state index in [1.165, 1.54) is 0 Å². The molecule has 0 spiro atoms.